The van der Waals surface area contributed by atoms with E-state index in [1.54, 1.807) is 11.2 Å². The van der Waals surface area contributed by atoms with Crippen molar-refractivity contribution in [2.24, 2.45) is 22.1 Å². The van der Waals surface area contributed by atoms with E-state index in [1.807, 2.05) is 62.5 Å². The van der Waals surface area contributed by atoms with Gasteiger partial charge in [0.15, 0.2) is 10.8 Å². The van der Waals surface area contributed by atoms with Crippen molar-refractivity contribution in [3.63, 3.8) is 0 Å². The number of anilines is 2. The van der Waals surface area contributed by atoms with Crippen LogP contribution < -0.4 is 16.1 Å². The average molecular weight is 775 g/mol. The molecular formula is C43H50N8O4S. The number of benzene rings is 2. The van der Waals surface area contributed by atoms with Crippen LogP contribution in [0.25, 0.3) is 21.3 Å². The van der Waals surface area contributed by atoms with Crippen LogP contribution in [-0.4, -0.2) is 74.1 Å². The number of aromatic nitrogens is 4. The van der Waals surface area contributed by atoms with Gasteiger partial charge in [0.1, 0.15) is 5.82 Å². The number of hydrazine groups is 1. The van der Waals surface area contributed by atoms with Gasteiger partial charge in [-0.3, -0.25) is 20.6 Å². The number of likely N-dealkylation sites (N-methyl/N-ethyl adjacent to an activating group) is 1. The molecule has 4 bridgehead atoms. The zero-order valence-corrected chi connectivity index (χ0v) is 33.4. The van der Waals surface area contributed by atoms with E-state index >= 15 is 0 Å². The second-order valence-electron chi connectivity index (χ2n) is 17.9. The van der Waals surface area contributed by atoms with E-state index in [0.29, 0.717) is 54.7 Å². The molecule has 3 aromatic heterocycles. The monoisotopic (exact) mass is 774 g/mol. The quantitative estimate of drug-likeness (QED) is 0.0920. The molecule has 56 heavy (non-hydrogen) atoms. The molecule has 1 amide bonds. The van der Waals surface area contributed by atoms with Gasteiger partial charge in [0.25, 0.3) is 5.91 Å². The zero-order chi connectivity index (χ0) is 39.0. The maximum Gasteiger partial charge on any atom is 0.355 e. The number of aromatic carboxylic acids is 1. The van der Waals surface area contributed by atoms with E-state index in [9.17, 15) is 14.7 Å². The number of carbonyl (C=O) groups excluding carboxylic acids is 1. The van der Waals surface area contributed by atoms with E-state index in [1.165, 1.54) is 17.8 Å². The molecule has 13 heteroatoms. The minimum atomic E-state index is -1.09. The Morgan fingerprint density at radius 1 is 0.982 bits per heavy atom. The number of nitrogens with zero attached hydrogens (tertiary/aromatic N) is 6. The normalized spacial score (nSPS) is 26.6. The Labute approximate surface area is 331 Å². The summed E-state index contributed by atoms with van der Waals surface area (Å²) in [5.41, 5.74) is 5.95. The van der Waals surface area contributed by atoms with Gasteiger partial charge in [-0.15, -0.1) is 0 Å². The second kappa shape index (κ2) is 13.5. The highest BCUT2D eigenvalue weighted by molar-refractivity contribution is 7.22. The fourth-order valence-corrected chi connectivity index (χ4v) is 12.7. The van der Waals surface area contributed by atoms with Crippen molar-refractivity contribution >= 4 is 44.4 Å². The van der Waals surface area contributed by atoms with Crippen LogP contribution in [0.4, 0.5) is 10.9 Å². The molecule has 4 saturated carbocycles. The molecule has 4 heterocycles. The van der Waals surface area contributed by atoms with E-state index in [4.69, 9.17) is 20.7 Å². The maximum atomic E-state index is 13.6. The number of amides is 1. The van der Waals surface area contributed by atoms with Crippen molar-refractivity contribution < 1.29 is 19.4 Å². The van der Waals surface area contributed by atoms with Crippen LogP contribution in [0, 0.1) is 23.2 Å². The third kappa shape index (κ3) is 6.67. The highest BCUT2D eigenvalue weighted by Gasteiger charge is 2.66. The molecule has 4 aliphatic carbocycles. The lowest BCUT2D eigenvalue weighted by Gasteiger charge is -2.69. The summed E-state index contributed by atoms with van der Waals surface area (Å²) in [4.78, 5) is 37.9. The molecule has 0 spiro atoms. The Morgan fingerprint density at radius 2 is 1.77 bits per heavy atom. The van der Waals surface area contributed by atoms with Crippen molar-refractivity contribution in [1.82, 2.24) is 24.8 Å². The minimum absolute atomic E-state index is 0.00939. The number of pyridine rings is 1. The summed E-state index contributed by atoms with van der Waals surface area (Å²) >= 11 is 1.44. The molecule has 4 N–H and O–H groups in total. The third-order valence-electron chi connectivity index (χ3n) is 12.8. The summed E-state index contributed by atoms with van der Waals surface area (Å²) in [5, 5.41) is 20.7. The van der Waals surface area contributed by atoms with Crippen molar-refractivity contribution in [1.29, 1.82) is 0 Å². The summed E-state index contributed by atoms with van der Waals surface area (Å²) in [7, 11) is 1.88. The van der Waals surface area contributed by atoms with Gasteiger partial charge in [-0.25, -0.2) is 19.8 Å². The number of nitrogens with one attached hydrogen (secondary N) is 1. The molecule has 1 aliphatic heterocycles. The van der Waals surface area contributed by atoms with Gasteiger partial charge < -0.3 is 14.7 Å². The summed E-state index contributed by atoms with van der Waals surface area (Å²) in [6.07, 6.45) is 9.14. The van der Waals surface area contributed by atoms with Crippen LogP contribution in [-0.2, 0) is 24.2 Å². The maximum absolute atomic E-state index is 13.6. The van der Waals surface area contributed by atoms with Gasteiger partial charge in [0.05, 0.1) is 28.6 Å². The van der Waals surface area contributed by atoms with Gasteiger partial charge in [0.2, 0.25) is 0 Å². The Hall–Kier alpha value is -4.69. The number of carboxylic acid groups (broad SMARTS) is 1. The first-order chi connectivity index (χ1) is 26.7. The van der Waals surface area contributed by atoms with Crippen molar-refractivity contribution in [2.45, 2.75) is 84.4 Å². The van der Waals surface area contributed by atoms with E-state index in [0.717, 1.165) is 71.2 Å². The number of carboxylic acids is 1. The van der Waals surface area contributed by atoms with Crippen LogP contribution >= 0.6 is 11.3 Å². The summed E-state index contributed by atoms with van der Waals surface area (Å²) < 4.78 is 9.88. The fourth-order valence-electron chi connectivity index (χ4n) is 11.8. The van der Waals surface area contributed by atoms with Gasteiger partial charge in [0, 0.05) is 55.6 Å². The zero-order valence-electron chi connectivity index (χ0n) is 32.6. The number of nitrogens with two attached hydrogens (primary N) is 1. The number of hydrogen-bond acceptors (Lipinski definition) is 10. The predicted octanol–water partition coefficient (Wildman–Crippen LogP) is 7.32. The number of hydrogen-bond donors (Lipinski definition) is 3. The molecule has 5 aliphatic rings. The Morgan fingerprint density at radius 3 is 2.52 bits per heavy atom. The van der Waals surface area contributed by atoms with Crippen LogP contribution in [0.15, 0.2) is 60.8 Å². The fraction of sp³-hybridized carbons (Fsp3) is 0.465. The first-order valence-corrected chi connectivity index (χ1v) is 20.4. The number of ether oxygens (including phenoxy) is 1. The lowest BCUT2D eigenvalue weighted by Crippen LogP contribution is -2.64. The number of rotatable bonds is 11. The first-order valence-electron chi connectivity index (χ1n) is 19.6. The van der Waals surface area contributed by atoms with Crippen LogP contribution in [0.3, 0.4) is 0 Å². The van der Waals surface area contributed by atoms with Crippen molar-refractivity contribution in [2.75, 3.05) is 37.0 Å². The molecule has 12 nitrogen and oxygen atoms in total. The lowest BCUT2D eigenvalue weighted by molar-refractivity contribution is -0.248. The van der Waals surface area contributed by atoms with Crippen LogP contribution in [0.2, 0.25) is 0 Å². The molecule has 292 valence electrons. The summed E-state index contributed by atoms with van der Waals surface area (Å²) in [6.45, 7) is 10.1. The minimum Gasteiger partial charge on any atom is -0.476 e. The average Bonchev–Trinajstić information content (AvgIpc) is 3.70. The van der Waals surface area contributed by atoms with Crippen LogP contribution in [0.5, 0.6) is 0 Å². The number of carbonyl (C=O) groups is 2. The second-order valence-corrected chi connectivity index (χ2v) is 19.0. The molecule has 4 fully saturated rings. The Kier molecular flexibility index (Phi) is 8.88. The van der Waals surface area contributed by atoms with E-state index in [2.05, 4.69) is 39.8 Å². The molecule has 2 aromatic carbocycles. The third-order valence-corrected chi connectivity index (χ3v) is 13.8. The molecule has 0 saturated heterocycles. The standard InChI is InChI=1S/C43H50N8O4S/c1-27-31(18-45-51(27)26-42-21-40(2)20-41(3,22-42)24-43(23-40,25-42)55-17-16-49(4)44)29-12-13-35(47-36(29)38(53)54)50-15-14-28-8-7-9-30(32(28)19-50)37(52)48-39-46-33-10-5-6-11-34(33)56-39/h5-13,18H,14-17,19-26,44H2,1-4H3,(H,53,54)(H,46,48,52). The molecule has 2 atom stereocenters. The molecular weight excluding hydrogens is 725 g/mol. The topological polar surface area (TPSA) is 152 Å². The van der Waals surface area contributed by atoms with Crippen molar-refractivity contribution in [3.8, 4) is 11.1 Å². The number of fused-ring (bicyclic) bond motifs is 2. The van der Waals surface area contributed by atoms with Crippen molar-refractivity contribution in [3.05, 3.63) is 88.9 Å². The molecule has 2 unspecified atom stereocenters. The molecule has 10 rings (SSSR count). The molecule has 5 aromatic rings. The predicted molar refractivity (Wildman–Crippen MR) is 218 cm³/mol. The van der Waals surface area contributed by atoms with E-state index < -0.39 is 5.97 Å². The highest BCUT2D eigenvalue weighted by Crippen LogP contribution is 2.72. The Balaban J connectivity index is 0.959. The Bertz CT molecular complexity index is 2320. The summed E-state index contributed by atoms with van der Waals surface area (Å²) in [6, 6.07) is 17.4. The van der Waals surface area contributed by atoms with E-state index in [-0.39, 0.29) is 33.4 Å². The highest BCUT2D eigenvalue weighted by atomic mass is 32.1. The van der Waals surface area contributed by atoms with Gasteiger partial charge in [-0.2, -0.15) is 5.10 Å². The van der Waals surface area contributed by atoms with Gasteiger partial charge >= 0.3 is 5.97 Å². The van der Waals surface area contributed by atoms with Gasteiger partial charge in [-0.1, -0.05) is 49.4 Å². The molecule has 0 radical (unpaired) electrons. The SMILES string of the molecule is Cc1c(-c2ccc(N3CCc4cccc(C(=O)Nc5nc6ccccc6s5)c4C3)nc2C(=O)O)cnn1CC12CC3(C)CC(C)(C1)CC(OCCN(C)N)(C3)C2. The first kappa shape index (κ1) is 36.9. The summed E-state index contributed by atoms with van der Waals surface area (Å²) in [5.74, 6) is 5.19. The largest absolute Gasteiger partial charge is 0.476 e. The lowest BCUT2D eigenvalue weighted by atomic mass is 9.39. The smallest absolute Gasteiger partial charge is 0.355 e. The number of para-hydroxylation sites is 1. The van der Waals surface area contributed by atoms with Gasteiger partial charge in [-0.05, 0) is 110 Å². The number of thiazole rings is 1. The van der Waals surface area contributed by atoms with Crippen LogP contribution in [0.1, 0.15) is 90.0 Å².